The van der Waals surface area contributed by atoms with Crippen molar-refractivity contribution in [3.63, 3.8) is 0 Å². The molecule has 0 saturated heterocycles. The predicted molar refractivity (Wildman–Crippen MR) is 125 cm³/mol. The van der Waals surface area contributed by atoms with Gasteiger partial charge in [0.2, 0.25) is 0 Å². The molecule has 0 aliphatic rings. The van der Waals surface area contributed by atoms with Crippen LogP contribution in [0.3, 0.4) is 0 Å². The van der Waals surface area contributed by atoms with Crippen LogP contribution in [0.25, 0.3) is 22.3 Å². The van der Waals surface area contributed by atoms with E-state index < -0.39 is 0 Å². The lowest BCUT2D eigenvalue weighted by atomic mass is 10.1. The first kappa shape index (κ1) is 20.7. The van der Waals surface area contributed by atoms with Crippen LogP contribution >= 0.6 is 11.6 Å². The summed E-state index contributed by atoms with van der Waals surface area (Å²) >= 11 is 6.21. The molecule has 1 amide bonds. The fourth-order valence-corrected chi connectivity index (χ4v) is 3.76. The molecule has 0 aliphatic carbocycles. The fourth-order valence-electron chi connectivity index (χ4n) is 3.51. The molecule has 8 nitrogen and oxygen atoms in total. The molecule has 33 heavy (non-hydrogen) atoms. The number of halogens is 1. The lowest BCUT2D eigenvalue weighted by Gasteiger charge is -2.11. The van der Waals surface area contributed by atoms with E-state index in [2.05, 4.69) is 15.4 Å². The van der Waals surface area contributed by atoms with Crippen LogP contribution < -0.4 is 10.1 Å². The topological polar surface area (TPSA) is 95.1 Å². The molecule has 4 heterocycles. The predicted octanol–water partition coefficient (Wildman–Crippen LogP) is 5.05. The maximum absolute atomic E-state index is 13.3. The van der Waals surface area contributed by atoms with E-state index in [0.717, 1.165) is 11.3 Å². The summed E-state index contributed by atoms with van der Waals surface area (Å²) in [6.07, 6.45) is 6.62. The summed E-state index contributed by atoms with van der Waals surface area (Å²) in [5, 5.41) is 8.37. The van der Waals surface area contributed by atoms with Gasteiger partial charge in [-0.3, -0.25) is 9.78 Å². The van der Waals surface area contributed by atoms with Crippen molar-refractivity contribution in [2.45, 2.75) is 6.54 Å². The van der Waals surface area contributed by atoms with E-state index >= 15 is 0 Å². The third-order valence-electron chi connectivity index (χ3n) is 5.11. The normalized spacial score (nSPS) is 11.0. The number of hydrogen-bond acceptors (Lipinski definition) is 6. The van der Waals surface area contributed by atoms with Crippen molar-refractivity contribution in [1.29, 1.82) is 0 Å². The highest BCUT2D eigenvalue weighted by Gasteiger charge is 2.19. The van der Waals surface area contributed by atoms with Gasteiger partial charge in [0.15, 0.2) is 5.65 Å². The van der Waals surface area contributed by atoms with Crippen molar-refractivity contribution in [2.75, 3.05) is 12.4 Å². The van der Waals surface area contributed by atoms with E-state index in [1.54, 1.807) is 53.8 Å². The number of nitrogens with zero attached hydrogens (tertiary/aromatic N) is 4. The van der Waals surface area contributed by atoms with Gasteiger partial charge in [-0.1, -0.05) is 11.6 Å². The first-order valence-electron chi connectivity index (χ1n) is 10.1. The number of carbonyl (C=O) groups is 1. The largest absolute Gasteiger partial charge is 0.495 e. The molecular formula is C24H18ClN5O3. The summed E-state index contributed by atoms with van der Waals surface area (Å²) < 4.78 is 12.3. The second-order valence-electron chi connectivity index (χ2n) is 7.22. The summed E-state index contributed by atoms with van der Waals surface area (Å²) in [5.74, 6) is 0.942. The molecule has 0 bridgehead atoms. The number of ether oxygens (including phenoxy) is 1. The number of benzene rings is 1. The maximum Gasteiger partial charge on any atom is 0.256 e. The molecule has 164 valence electrons. The molecule has 1 aromatic carbocycles. The molecule has 1 N–H and O–H groups in total. The molecule has 5 rings (SSSR count). The van der Waals surface area contributed by atoms with Crippen LogP contribution in [0.1, 0.15) is 16.1 Å². The number of methoxy groups -OCH3 is 1. The van der Waals surface area contributed by atoms with Gasteiger partial charge < -0.3 is 14.5 Å². The van der Waals surface area contributed by atoms with Crippen molar-refractivity contribution in [3.8, 4) is 17.0 Å². The summed E-state index contributed by atoms with van der Waals surface area (Å²) in [5.41, 5.74) is 2.92. The minimum Gasteiger partial charge on any atom is -0.495 e. The second-order valence-corrected chi connectivity index (χ2v) is 7.63. The van der Waals surface area contributed by atoms with Gasteiger partial charge in [0.25, 0.3) is 5.91 Å². The van der Waals surface area contributed by atoms with Crippen molar-refractivity contribution in [2.24, 2.45) is 0 Å². The molecule has 4 aromatic heterocycles. The average molecular weight is 460 g/mol. The lowest BCUT2D eigenvalue weighted by Crippen LogP contribution is -2.13. The Hall–Kier alpha value is -4.17. The average Bonchev–Trinajstić information content (AvgIpc) is 3.50. The number of fused-ring (bicyclic) bond motifs is 1. The molecule has 0 fully saturated rings. The summed E-state index contributed by atoms with van der Waals surface area (Å²) in [6.45, 7) is 0.384. The fraction of sp³-hybridized carbons (Fsp3) is 0.0833. The minimum absolute atomic E-state index is 0.314. The number of furan rings is 1. The maximum atomic E-state index is 13.3. The monoisotopic (exact) mass is 459 g/mol. The number of aromatic nitrogens is 4. The Morgan fingerprint density at radius 2 is 2.09 bits per heavy atom. The second kappa shape index (κ2) is 8.76. The number of anilines is 1. The Balaban J connectivity index is 1.58. The highest BCUT2D eigenvalue weighted by Crippen LogP contribution is 2.29. The number of hydrogen-bond donors (Lipinski definition) is 1. The van der Waals surface area contributed by atoms with E-state index in [1.807, 2.05) is 24.3 Å². The van der Waals surface area contributed by atoms with E-state index in [0.29, 0.717) is 45.3 Å². The van der Waals surface area contributed by atoms with Gasteiger partial charge in [0, 0.05) is 23.6 Å². The highest BCUT2D eigenvalue weighted by atomic mass is 35.5. The summed E-state index contributed by atoms with van der Waals surface area (Å²) in [6, 6.07) is 14.2. The number of pyridine rings is 2. The molecule has 0 atom stereocenters. The smallest absolute Gasteiger partial charge is 0.256 e. The van der Waals surface area contributed by atoms with Crippen LogP contribution in [0.15, 0.2) is 77.8 Å². The third-order valence-corrected chi connectivity index (χ3v) is 5.40. The zero-order valence-electron chi connectivity index (χ0n) is 17.5. The number of carbonyl (C=O) groups excluding carboxylic acids is 1. The number of amides is 1. The first-order valence-corrected chi connectivity index (χ1v) is 10.4. The Morgan fingerprint density at radius 3 is 2.82 bits per heavy atom. The Morgan fingerprint density at radius 1 is 1.18 bits per heavy atom. The zero-order valence-corrected chi connectivity index (χ0v) is 18.3. The lowest BCUT2D eigenvalue weighted by molar-refractivity contribution is 0.102. The molecule has 0 saturated carbocycles. The SMILES string of the molecule is COc1ccc(NC(=O)c2cc(-c3cccnc3)nc3c2cnn3Cc2ccco2)cc1Cl. The molecule has 0 unspecified atom stereocenters. The third kappa shape index (κ3) is 4.16. The van der Waals surface area contributed by atoms with Crippen LogP contribution in [0, 0.1) is 0 Å². The van der Waals surface area contributed by atoms with Gasteiger partial charge >= 0.3 is 0 Å². The van der Waals surface area contributed by atoms with Crippen LogP contribution in [0.5, 0.6) is 5.75 Å². The van der Waals surface area contributed by atoms with E-state index in [9.17, 15) is 4.79 Å². The van der Waals surface area contributed by atoms with Crippen LogP contribution in [0.4, 0.5) is 5.69 Å². The zero-order chi connectivity index (χ0) is 22.8. The minimum atomic E-state index is -0.314. The quantitative estimate of drug-likeness (QED) is 0.382. The van der Waals surface area contributed by atoms with E-state index in [4.69, 9.17) is 25.7 Å². The van der Waals surface area contributed by atoms with Crippen LogP contribution in [0.2, 0.25) is 5.02 Å². The van der Waals surface area contributed by atoms with Crippen molar-refractivity contribution in [3.05, 3.63) is 89.7 Å². The molecule has 5 aromatic rings. The number of nitrogens with one attached hydrogen (secondary N) is 1. The number of rotatable bonds is 6. The highest BCUT2D eigenvalue weighted by molar-refractivity contribution is 6.32. The Kier molecular flexibility index (Phi) is 5.50. The summed E-state index contributed by atoms with van der Waals surface area (Å²) in [4.78, 5) is 22.3. The van der Waals surface area contributed by atoms with Crippen LogP contribution in [-0.2, 0) is 6.54 Å². The van der Waals surface area contributed by atoms with Gasteiger partial charge in [0.05, 0.1) is 41.2 Å². The molecule has 0 radical (unpaired) electrons. The van der Waals surface area contributed by atoms with E-state index in [-0.39, 0.29) is 5.91 Å². The van der Waals surface area contributed by atoms with Crippen molar-refractivity contribution in [1.82, 2.24) is 19.7 Å². The molecule has 0 aliphatic heterocycles. The standard InChI is InChI=1S/C24H18ClN5O3/c1-32-22-7-6-16(10-20(22)25)28-24(31)18-11-21(15-4-2-8-26-12-15)29-23-19(18)13-27-30(23)14-17-5-3-9-33-17/h2-13H,14H2,1H3,(H,28,31). The Bertz CT molecular complexity index is 1430. The van der Waals surface area contributed by atoms with Gasteiger partial charge in [0.1, 0.15) is 18.1 Å². The van der Waals surface area contributed by atoms with Crippen LogP contribution in [-0.4, -0.2) is 32.8 Å². The van der Waals surface area contributed by atoms with Gasteiger partial charge in [-0.2, -0.15) is 5.10 Å². The van der Waals surface area contributed by atoms with Gasteiger partial charge in [-0.05, 0) is 48.5 Å². The molecule has 9 heteroatoms. The van der Waals surface area contributed by atoms with Crippen molar-refractivity contribution >= 4 is 34.2 Å². The van der Waals surface area contributed by atoms with Gasteiger partial charge in [-0.15, -0.1) is 0 Å². The summed E-state index contributed by atoms with van der Waals surface area (Å²) in [7, 11) is 1.54. The van der Waals surface area contributed by atoms with E-state index in [1.165, 1.54) is 7.11 Å². The Labute approximate surface area is 193 Å². The van der Waals surface area contributed by atoms with Crippen molar-refractivity contribution < 1.29 is 13.9 Å². The first-order chi connectivity index (χ1) is 16.1. The van der Waals surface area contributed by atoms with Gasteiger partial charge in [-0.25, -0.2) is 9.67 Å². The molecule has 0 spiro atoms. The molecular weight excluding hydrogens is 442 g/mol.